The molecule has 0 amide bonds. The zero-order chi connectivity index (χ0) is 13.7. The molecule has 2 N–H and O–H groups in total. The van der Waals surface area contributed by atoms with Gasteiger partial charge in [-0.05, 0) is 26.2 Å². The van der Waals surface area contributed by atoms with E-state index in [9.17, 15) is 14.7 Å². The van der Waals surface area contributed by atoms with Crippen molar-refractivity contribution in [2.45, 2.75) is 52.0 Å². The van der Waals surface area contributed by atoms with Gasteiger partial charge >= 0.3 is 5.97 Å². The van der Waals surface area contributed by atoms with Gasteiger partial charge in [0.15, 0.2) is 5.78 Å². The molecule has 18 heavy (non-hydrogen) atoms. The maximum absolute atomic E-state index is 11.8. The van der Waals surface area contributed by atoms with E-state index in [2.05, 4.69) is 4.99 Å². The normalized spacial score (nSPS) is 23.0. The van der Waals surface area contributed by atoms with Crippen LogP contribution >= 0.6 is 0 Å². The maximum Gasteiger partial charge on any atom is 0.328 e. The number of ketones is 1. The summed E-state index contributed by atoms with van der Waals surface area (Å²) in [6.07, 6.45) is 2.74. The molecule has 5 heteroatoms. The number of carboxylic acid groups (broad SMARTS) is 1. The van der Waals surface area contributed by atoms with Gasteiger partial charge in [-0.1, -0.05) is 6.92 Å². The number of allylic oxidation sites excluding steroid dienone is 2. The number of hydrogen-bond donors (Lipinski definition) is 2. The standard InChI is InChI=1S/C13H19NO4/c1-3-5-10(15)12-9(6-4-7-11(12)16)14-8(2)13(17)18/h8,15H,3-7H2,1-2H3,(H,17,18)/t8-/m0/s1. The molecule has 0 aromatic carbocycles. The minimum absolute atomic E-state index is 0.0403. The van der Waals surface area contributed by atoms with E-state index in [1.807, 2.05) is 6.92 Å². The van der Waals surface area contributed by atoms with Crippen LogP contribution in [0.3, 0.4) is 0 Å². The van der Waals surface area contributed by atoms with E-state index in [0.29, 0.717) is 31.4 Å². The Balaban J connectivity index is 3.10. The van der Waals surface area contributed by atoms with Crippen molar-refractivity contribution in [2.24, 2.45) is 4.99 Å². The summed E-state index contributed by atoms with van der Waals surface area (Å²) in [6, 6.07) is -0.893. The lowest BCUT2D eigenvalue weighted by molar-refractivity contribution is -0.138. The Bertz CT molecular complexity index is 409. The number of carbonyl (C=O) groups is 2. The van der Waals surface area contributed by atoms with Gasteiger partial charge in [0.1, 0.15) is 11.8 Å². The molecule has 1 fully saturated rings. The number of carboxylic acids is 1. The topological polar surface area (TPSA) is 87.0 Å². The van der Waals surface area contributed by atoms with Gasteiger partial charge in [0.25, 0.3) is 0 Å². The van der Waals surface area contributed by atoms with Crippen LogP contribution in [0.2, 0.25) is 0 Å². The minimum Gasteiger partial charge on any atom is -0.511 e. The lowest BCUT2D eigenvalue weighted by Gasteiger charge is -2.18. The second-order valence-corrected chi connectivity index (χ2v) is 4.44. The molecule has 0 aromatic rings. The molecule has 1 saturated carbocycles. The number of aliphatic carboxylic acids is 1. The van der Waals surface area contributed by atoms with E-state index >= 15 is 0 Å². The van der Waals surface area contributed by atoms with Crippen molar-refractivity contribution in [1.82, 2.24) is 0 Å². The zero-order valence-electron chi connectivity index (χ0n) is 10.8. The van der Waals surface area contributed by atoms with Crippen LogP contribution < -0.4 is 0 Å². The Kier molecular flexibility index (Phi) is 5.07. The molecule has 1 aliphatic rings. The van der Waals surface area contributed by atoms with Crippen LogP contribution in [0.4, 0.5) is 0 Å². The summed E-state index contributed by atoms with van der Waals surface area (Å²) < 4.78 is 0. The number of hydrogen-bond acceptors (Lipinski definition) is 4. The summed E-state index contributed by atoms with van der Waals surface area (Å²) in [5.41, 5.74) is 0.684. The third-order valence-corrected chi connectivity index (χ3v) is 2.87. The number of rotatable bonds is 4. The number of nitrogens with zero attached hydrogens (tertiary/aromatic N) is 1. The fraction of sp³-hybridized carbons (Fsp3) is 0.615. The van der Waals surface area contributed by atoms with Gasteiger partial charge in [-0.2, -0.15) is 0 Å². The third-order valence-electron chi connectivity index (χ3n) is 2.87. The van der Waals surface area contributed by atoms with Crippen LogP contribution in [0, 0.1) is 0 Å². The number of Topliss-reactive ketones (excluding diaryl/α,β-unsaturated/α-hetero) is 1. The Morgan fingerprint density at radius 1 is 1.39 bits per heavy atom. The van der Waals surface area contributed by atoms with Gasteiger partial charge in [-0.15, -0.1) is 0 Å². The molecular weight excluding hydrogens is 234 g/mol. The van der Waals surface area contributed by atoms with Gasteiger partial charge in [0.05, 0.1) is 11.3 Å². The number of carbonyl (C=O) groups excluding carboxylic acids is 1. The summed E-state index contributed by atoms with van der Waals surface area (Å²) in [5, 5.41) is 18.7. The molecule has 0 spiro atoms. The lowest BCUT2D eigenvalue weighted by Crippen LogP contribution is -2.24. The fourth-order valence-electron chi connectivity index (χ4n) is 1.93. The summed E-state index contributed by atoms with van der Waals surface area (Å²) in [6.45, 7) is 3.36. The maximum atomic E-state index is 11.8. The van der Waals surface area contributed by atoms with Crippen molar-refractivity contribution in [2.75, 3.05) is 0 Å². The number of aliphatic imine (C=N–C) groups is 1. The van der Waals surface area contributed by atoms with Crippen molar-refractivity contribution in [1.29, 1.82) is 0 Å². The summed E-state index contributed by atoms with van der Waals surface area (Å²) in [5.74, 6) is -1.13. The van der Waals surface area contributed by atoms with Gasteiger partial charge in [-0.25, -0.2) is 4.79 Å². The number of aliphatic hydroxyl groups excluding tert-OH is 1. The second kappa shape index (κ2) is 6.33. The van der Waals surface area contributed by atoms with Gasteiger partial charge in [-0.3, -0.25) is 9.79 Å². The van der Waals surface area contributed by atoms with E-state index in [-0.39, 0.29) is 17.1 Å². The highest BCUT2D eigenvalue weighted by atomic mass is 16.4. The monoisotopic (exact) mass is 253 g/mol. The van der Waals surface area contributed by atoms with Crippen molar-refractivity contribution in [3.63, 3.8) is 0 Å². The van der Waals surface area contributed by atoms with Crippen molar-refractivity contribution >= 4 is 17.5 Å². The fourth-order valence-corrected chi connectivity index (χ4v) is 1.93. The van der Waals surface area contributed by atoms with Crippen LogP contribution in [0.1, 0.15) is 46.0 Å². The van der Waals surface area contributed by atoms with E-state index in [0.717, 1.165) is 6.42 Å². The first-order valence-electron chi connectivity index (χ1n) is 6.22. The van der Waals surface area contributed by atoms with Gasteiger partial charge in [0.2, 0.25) is 0 Å². The number of aliphatic hydroxyl groups is 1. The molecule has 0 unspecified atom stereocenters. The Hall–Kier alpha value is -1.65. The SMILES string of the molecule is CCCC(O)=C1C(=O)CCCC1=N[C@@H](C)C(=O)O. The molecule has 5 nitrogen and oxygen atoms in total. The minimum atomic E-state index is -1.03. The Labute approximate surface area is 106 Å². The molecule has 1 rings (SSSR count). The molecule has 1 atom stereocenters. The molecule has 0 bridgehead atoms. The molecule has 0 aromatic heterocycles. The van der Waals surface area contributed by atoms with E-state index in [4.69, 9.17) is 5.11 Å². The van der Waals surface area contributed by atoms with Crippen LogP contribution in [-0.4, -0.2) is 33.7 Å². The molecular formula is C13H19NO4. The van der Waals surface area contributed by atoms with E-state index < -0.39 is 12.0 Å². The zero-order valence-corrected chi connectivity index (χ0v) is 10.8. The summed E-state index contributed by atoms with van der Waals surface area (Å²) in [4.78, 5) is 26.7. The first-order chi connectivity index (χ1) is 8.47. The molecule has 100 valence electrons. The molecule has 0 radical (unpaired) electrons. The van der Waals surface area contributed by atoms with Crippen LogP contribution in [0.15, 0.2) is 16.3 Å². The lowest BCUT2D eigenvalue weighted by atomic mass is 9.89. The predicted molar refractivity (Wildman–Crippen MR) is 68.0 cm³/mol. The highest BCUT2D eigenvalue weighted by Crippen LogP contribution is 2.23. The summed E-state index contributed by atoms with van der Waals surface area (Å²) in [7, 11) is 0. The van der Waals surface area contributed by atoms with E-state index in [1.165, 1.54) is 6.92 Å². The van der Waals surface area contributed by atoms with Crippen LogP contribution in [0.25, 0.3) is 0 Å². The highest BCUT2D eigenvalue weighted by molar-refractivity contribution is 6.24. The molecule has 0 aliphatic heterocycles. The van der Waals surface area contributed by atoms with Gasteiger partial charge in [0, 0.05) is 12.8 Å². The summed E-state index contributed by atoms with van der Waals surface area (Å²) >= 11 is 0. The molecule has 0 saturated heterocycles. The highest BCUT2D eigenvalue weighted by Gasteiger charge is 2.26. The molecule has 1 aliphatic carbocycles. The van der Waals surface area contributed by atoms with Crippen molar-refractivity contribution in [3.05, 3.63) is 11.3 Å². The largest absolute Gasteiger partial charge is 0.511 e. The Morgan fingerprint density at radius 3 is 2.61 bits per heavy atom. The quantitative estimate of drug-likeness (QED) is 0.594. The smallest absolute Gasteiger partial charge is 0.328 e. The van der Waals surface area contributed by atoms with Crippen molar-refractivity contribution in [3.8, 4) is 0 Å². The first kappa shape index (κ1) is 14.4. The molecule has 0 heterocycles. The predicted octanol–water partition coefficient (Wildman–Crippen LogP) is 2.27. The first-order valence-corrected chi connectivity index (χ1v) is 6.22. The average molecular weight is 253 g/mol. The third kappa shape index (κ3) is 3.42. The Morgan fingerprint density at radius 2 is 2.06 bits per heavy atom. The van der Waals surface area contributed by atoms with Crippen molar-refractivity contribution < 1.29 is 19.8 Å². The average Bonchev–Trinajstić information content (AvgIpc) is 2.29. The van der Waals surface area contributed by atoms with Crippen LogP contribution in [-0.2, 0) is 9.59 Å². The second-order valence-electron chi connectivity index (χ2n) is 4.44. The van der Waals surface area contributed by atoms with E-state index in [1.54, 1.807) is 0 Å². The van der Waals surface area contributed by atoms with Crippen LogP contribution in [0.5, 0.6) is 0 Å². The van der Waals surface area contributed by atoms with Gasteiger partial charge < -0.3 is 10.2 Å².